The zero-order valence-electron chi connectivity index (χ0n) is 20.8. The first-order chi connectivity index (χ1) is 16.8. The summed E-state index contributed by atoms with van der Waals surface area (Å²) in [6.45, 7) is 6.45. The third-order valence-corrected chi connectivity index (χ3v) is 7.68. The number of amides is 1. The smallest absolute Gasteiger partial charge is 0.251 e. The van der Waals surface area contributed by atoms with Crippen LogP contribution in [0.2, 0.25) is 0 Å². The summed E-state index contributed by atoms with van der Waals surface area (Å²) in [7, 11) is 4.15. The molecule has 0 aliphatic carbocycles. The quantitative estimate of drug-likeness (QED) is 0.475. The van der Waals surface area contributed by atoms with Crippen LogP contribution < -0.4 is 15.1 Å². The van der Waals surface area contributed by atoms with Crippen molar-refractivity contribution in [3.8, 4) is 0 Å². The monoisotopic (exact) mass is 487 g/mol. The predicted octanol–water partition coefficient (Wildman–Crippen LogP) is 5.10. The molecule has 3 aromatic rings. The van der Waals surface area contributed by atoms with Crippen molar-refractivity contribution in [1.82, 2.24) is 5.32 Å². The van der Waals surface area contributed by atoms with E-state index in [1.807, 2.05) is 12.1 Å². The predicted molar refractivity (Wildman–Crippen MR) is 149 cm³/mol. The minimum Gasteiger partial charge on any atom is -0.377 e. The summed E-state index contributed by atoms with van der Waals surface area (Å²) in [4.78, 5) is 17.1. The summed E-state index contributed by atoms with van der Waals surface area (Å²) < 4.78 is 6.54. The second-order valence-electron chi connectivity index (χ2n) is 9.98. The highest BCUT2D eigenvalue weighted by Crippen LogP contribution is 2.55. The number of ether oxygens (including phenoxy) is 1. The van der Waals surface area contributed by atoms with Crippen molar-refractivity contribution in [2.75, 3.05) is 49.3 Å². The number of nitrogens with zero attached hydrogens (tertiary/aromatic N) is 2. The Hall–Kier alpha value is -2.96. The van der Waals surface area contributed by atoms with Gasteiger partial charge in [0.15, 0.2) is 5.72 Å². The van der Waals surface area contributed by atoms with Gasteiger partial charge in [-0.3, -0.25) is 4.79 Å². The fraction of sp³-hybridized carbons (Fsp3) is 0.345. The molecule has 1 unspecified atom stereocenters. The fourth-order valence-corrected chi connectivity index (χ4v) is 5.73. The molecule has 3 aromatic carbocycles. The van der Waals surface area contributed by atoms with Gasteiger partial charge in [-0.05, 0) is 46.9 Å². The highest BCUT2D eigenvalue weighted by Gasteiger charge is 2.59. The Labute approximate surface area is 213 Å². The van der Waals surface area contributed by atoms with Gasteiger partial charge in [-0.25, -0.2) is 0 Å². The van der Waals surface area contributed by atoms with E-state index in [-0.39, 0.29) is 11.3 Å². The molecular weight excluding hydrogens is 454 g/mol. The Bertz CT molecular complexity index is 1320. The van der Waals surface area contributed by atoms with Gasteiger partial charge in [-0.15, -0.1) is 0 Å². The largest absolute Gasteiger partial charge is 0.377 e. The van der Waals surface area contributed by atoms with E-state index < -0.39 is 5.72 Å². The number of anilines is 2. The molecule has 0 spiro atoms. The van der Waals surface area contributed by atoms with Crippen LogP contribution in [-0.2, 0) is 10.2 Å². The molecule has 0 saturated carbocycles. The van der Waals surface area contributed by atoms with Gasteiger partial charge in [0.05, 0.1) is 6.61 Å². The first-order valence-corrected chi connectivity index (χ1v) is 12.8. The van der Waals surface area contributed by atoms with Gasteiger partial charge in [-0.1, -0.05) is 50.3 Å². The van der Waals surface area contributed by atoms with Crippen LogP contribution in [0, 0.1) is 0 Å². The lowest BCUT2D eigenvalue weighted by Crippen LogP contribution is -2.51. The summed E-state index contributed by atoms with van der Waals surface area (Å²) in [6.07, 6.45) is 4.42. The molecule has 1 amide bonds. The first kappa shape index (κ1) is 23.8. The molecule has 182 valence electrons. The SMILES string of the molecule is CN(C)c1ccc(/C=C/C23OCCN2c2ccc(C(=O)NCCS)cc2C3(C)C)c2ccccc12. The number of benzene rings is 3. The van der Waals surface area contributed by atoms with Gasteiger partial charge in [0.2, 0.25) is 0 Å². The van der Waals surface area contributed by atoms with E-state index in [2.05, 4.69) is 110 Å². The van der Waals surface area contributed by atoms with Crippen LogP contribution in [0.4, 0.5) is 11.4 Å². The second kappa shape index (κ2) is 8.92. The van der Waals surface area contributed by atoms with E-state index in [9.17, 15) is 4.79 Å². The van der Waals surface area contributed by atoms with Crippen LogP contribution in [0.25, 0.3) is 16.8 Å². The van der Waals surface area contributed by atoms with E-state index >= 15 is 0 Å². The van der Waals surface area contributed by atoms with E-state index in [4.69, 9.17) is 4.74 Å². The molecule has 5 rings (SSSR count). The molecule has 2 aliphatic rings. The third-order valence-electron chi connectivity index (χ3n) is 7.46. The van der Waals surface area contributed by atoms with Crippen molar-refractivity contribution in [3.63, 3.8) is 0 Å². The van der Waals surface area contributed by atoms with Crippen molar-refractivity contribution >= 4 is 46.8 Å². The number of carbonyl (C=O) groups is 1. The summed E-state index contributed by atoms with van der Waals surface area (Å²) in [5.74, 6) is 0.546. The molecule has 1 N–H and O–H groups in total. The van der Waals surface area contributed by atoms with Crippen LogP contribution in [0.5, 0.6) is 0 Å². The van der Waals surface area contributed by atoms with E-state index in [1.165, 1.54) is 16.5 Å². The number of fused-ring (bicyclic) bond motifs is 4. The van der Waals surface area contributed by atoms with Crippen molar-refractivity contribution in [1.29, 1.82) is 0 Å². The Morgan fingerprint density at radius 2 is 1.91 bits per heavy atom. The molecule has 0 aromatic heterocycles. The van der Waals surface area contributed by atoms with Crippen LogP contribution in [0.1, 0.15) is 35.3 Å². The summed E-state index contributed by atoms with van der Waals surface area (Å²) in [5, 5.41) is 5.37. The molecule has 2 aliphatic heterocycles. The first-order valence-electron chi connectivity index (χ1n) is 12.1. The van der Waals surface area contributed by atoms with Gasteiger partial charge in [0.25, 0.3) is 5.91 Å². The highest BCUT2D eigenvalue weighted by molar-refractivity contribution is 7.80. The summed E-state index contributed by atoms with van der Waals surface area (Å²) in [5.41, 5.74) is 4.33. The van der Waals surface area contributed by atoms with Gasteiger partial charge in [0.1, 0.15) is 0 Å². The standard InChI is InChI=1S/C29H33N3O2S/c1-28(2)24-19-21(27(33)30-15-18-35)10-12-26(24)32-16-17-34-29(28,32)14-13-20-9-11-25(31(3)4)23-8-6-5-7-22(20)23/h5-14,19,35H,15-18H2,1-4H3,(H,30,33)/b14-13+. The summed E-state index contributed by atoms with van der Waals surface area (Å²) >= 11 is 4.20. The normalized spacial score (nSPS) is 20.3. The topological polar surface area (TPSA) is 44.8 Å². The molecular formula is C29H33N3O2S. The van der Waals surface area contributed by atoms with E-state index in [0.717, 1.165) is 23.4 Å². The van der Waals surface area contributed by atoms with Crippen LogP contribution in [0.3, 0.4) is 0 Å². The molecule has 35 heavy (non-hydrogen) atoms. The minimum atomic E-state index is -0.614. The van der Waals surface area contributed by atoms with Crippen LogP contribution in [0.15, 0.2) is 60.7 Å². The fourth-order valence-electron chi connectivity index (χ4n) is 5.62. The molecule has 2 heterocycles. The Morgan fingerprint density at radius 3 is 2.66 bits per heavy atom. The van der Waals surface area contributed by atoms with Crippen LogP contribution >= 0.6 is 12.6 Å². The zero-order valence-corrected chi connectivity index (χ0v) is 21.7. The van der Waals surface area contributed by atoms with Crippen molar-refractivity contribution < 1.29 is 9.53 Å². The number of carbonyl (C=O) groups excluding carboxylic acids is 1. The van der Waals surface area contributed by atoms with Crippen LogP contribution in [-0.4, -0.2) is 51.2 Å². The average Bonchev–Trinajstić information content (AvgIpc) is 3.37. The number of hydrogen-bond acceptors (Lipinski definition) is 5. The maximum Gasteiger partial charge on any atom is 0.251 e. The molecule has 1 saturated heterocycles. The maximum atomic E-state index is 12.6. The van der Waals surface area contributed by atoms with E-state index in [1.54, 1.807) is 0 Å². The third kappa shape index (κ3) is 3.71. The zero-order chi connectivity index (χ0) is 24.8. The number of rotatable bonds is 6. The van der Waals surface area contributed by atoms with Crippen molar-refractivity contribution in [3.05, 3.63) is 77.4 Å². The van der Waals surface area contributed by atoms with Gasteiger partial charge >= 0.3 is 0 Å². The average molecular weight is 488 g/mol. The lowest BCUT2D eigenvalue weighted by atomic mass is 9.76. The Morgan fingerprint density at radius 1 is 1.14 bits per heavy atom. The minimum absolute atomic E-state index is 0.0670. The second-order valence-corrected chi connectivity index (χ2v) is 10.4. The lowest BCUT2D eigenvalue weighted by Gasteiger charge is -2.39. The molecule has 5 nitrogen and oxygen atoms in total. The van der Waals surface area contributed by atoms with Crippen molar-refractivity contribution in [2.24, 2.45) is 0 Å². The van der Waals surface area contributed by atoms with Gasteiger partial charge in [0, 0.05) is 60.7 Å². The maximum absolute atomic E-state index is 12.6. The lowest BCUT2D eigenvalue weighted by molar-refractivity contribution is 0.000324. The number of hydrogen-bond donors (Lipinski definition) is 2. The van der Waals surface area contributed by atoms with Gasteiger partial charge < -0.3 is 19.9 Å². The van der Waals surface area contributed by atoms with E-state index in [0.29, 0.717) is 24.5 Å². The summed E-state index contributed by atoms with van der Waals surface area (Å²) in [6, 6.07) is 18.9. The molecule has 1 fully saturated rings. The van der Waals surface area contributed by atoms with Gasteiger partial charge in [-0.2, -0.15) is 12.6 Å². The highest BCUT2D eigenvalue weighted by atomic mass is 32.1. The molecule has 0 bridgehead atoms. The Kier molecular flexibility index (Phi) is 6.06. The number of nitrogens with one attached hydrogen (secondary N) is 1. The van der Waals surface area contributed by atoms with Crippen molar-refractivity contribution in [2.45, 2.75) is 25.0 Å². The Balaban J connectivity index is 1.56. The molecule has 0 radical (unpaired) electrons. The molecule has 1 atom stereocenters. The molecule has 6 heteroatoms. The number of thiol groups is 1.